The number of hydrogen-bond donors (Lipinski definition) is 1. The molecule has 84 valence electrons. The molecule has 0 aliphatic carbocycles. The summed E-state index contributed by atoms with van der Waals surface area (Å²) < 4.78 is 1.75. The second-order valence-electron chi connectivity index (χ2n) is 3.41. The van der Waals surface area contributed by atoms with E-state index in [0.717, 1.165) is 13.1 Å². The van der Waals surface area contributed by atoms with Crippen molar-refractivity contribution in [1.29, 1.82) is 0 Å². The van der Waals surface area contributed by atoms with Gasteiger partial charge in [0.1, 0.15) is 0 Å². The van der Waals surface area contributed by atoms with Crippen LogP contribution in [0.25, 0.3) is 0 Å². The minimum Gasteiger partial charge on any atom is -0.340 e. The largest absolute Gasteiger partial charge is 0.340 e. The van der Waals surface area contributed by atoms with Crippen LogP contribution in [0.5, 0.6) is 0 Å². The smallest absolute Gasteiger partial charge is 0.256 e. The van der Waals surface area contributed by atoms with E-state index in [9.17, 15) is 4.79 Å². The number of nitrogens with zero attached hydrogens (tertiary/aromatic N) is 3. The van der Waals surface area contributed by atoms with Gasteiger partial charge in [-0.25, -0.2) is 0 Å². The Hall–Kier alpha value is -1.36. The minimum absolute atomic E-state index is 0.0185. The van der Waals surface area contributed by atoms with E-state index in [1.165, 1.54) is 0 Å². The molecule has 0 saturated heterocycles. The summed E-state index contributed by atoms with van der Waals surface area (Å²) in [6, 6.07) is 0. The Morgan fingerprint density at radius 1 is 1.67 bits per heavy atom. The summed E-state index contributed by atoms with van der Waals surface area (Å²) in [4.78, 5) is 13.5. The molecule has 0 radical (unpaired) electrons. The maximum atomic E-state index is 11.8. The van der Waals surface area contributed by atoms with E-state index in [0.29, 0.717) is 12.1 Å². The summed E-state index contributed by atoms with van der Waals surface area (Å²) in [6.45, 7) is 4.27. The first-order chi connectivity index (χ1) is 7.19. The van der Waals surface area contributed by atoms with Crippen LogP contribution in [0, 0.1) is 0 Å². The normalized spacial score (nSPS) is 10.3. The molecule has 5 nitrogen and oxygen atoms in total. The molecular weight excluding hydrogens is 192 g/mol. The van der Waals surface area contributed by atoms with Gasteiger partial charge in [-0.2, -0.15) is 5.10 Å². The first kappa shape index (κ1) is 11.7. The molecule has 1 aromatic rings. The Morgan fingerprint density at radius 3 is 2.93 bits per heavy atom. The van der Waals surface area contributed by atoms with Crippen LogP contribution in [0.3, 0.4) is 0 Å². The van der Waals surface area contributed by atoms with Crippen LogP contribution in [0.15, 0.2) is 12.4 Å². The molecule has 1 rings (SSSR count). The predicted octanol–water partition coefficient (Wildman–Crippen LogP) is 0.194. The van der Waals surface area contributed by atoms with E-state index in [4.69, 9.17) is 0 Å². The van der Waals surface area contributed by atoms with Gasteiger partial charge in [0.05, 0.1) is 11.8 Å². The summed E-state index contributed by atoms with van der Waals surface area (Å²) in [7, 11) is 3.66. The molecule has 0 atom stereocenters. The third-order valence-corrected chi connectivity index (χ3v) is 2.25. The van der Waals surface area contributed by atoms with Crippen LogP contribution >= 0.6 is 0 Å². The van der Waals surface area contributed by atoms with Gasteiger partial charge in [-0.3, -0.25) is 9.48 Å². The lowest BCUT2D eigenvalue weighted by Gasteiger charge is -2.15. The zero-order chi connectivity index (χ0) is 11.3. The van der Waals surface area contributed by atoms with Crippen molar-refractivity contribution in [2.75, 3.05) is 27.2 Å². The maximum Gasteiger partial charge on any atom is 0.256 e. The molecule has 15 heavy (non-hydrogen) atoms. The first-order valence-corrected chi connectivity index (χ1v) is 5.11. The fraction of sp³-hybridized carbons (Fsp3) is 0.600. The molecule has 1 aromatic heterocycles. The number of hydrogen-bond acceptors (Lipinski definition) is 3. The Labute approximate surface area is 90.1 Å². The van der Waals surface area contributed by atoms with Crippen LogP contribution in [0.2, 0.25) is 0 Å². The summed E-state index contributed by atoms with van der Waals surface area (Å²) in [5, 5.41) is 7.08. The average molecular weight is 210 g/mol. The van der Waals surface area contributed by atoms with Crippen LogP contribution < -0.4 is 5.32 Å². The Morgan fingerprint density at radius 2 is 2.40 bits per heavy atom. The topological polar surface area (TPSA) is 50.2 Å². The molecule has 0 bridgehead atoms. The van der Waals surface area contributed by atoms with Gasteiger partial charge in [0, 0.05) is 32.9 Å². The third kappa shape index (κ3) is 3.06. The molecule has 5 heteroatoms. The van der Waals surface area contributed by atoms with Crippen molar-refractivity contribution in [3.8, 4) is 0 Å². The summed E-state index contributed by atoms with van der Waals surface area (Å²) >= 11 is 0. The summed E-state index contributed by atoms with van der Waals surface area (Å²) in [5.41, 5.74) is 0.649. The fourth-order valence-electron chi connectivity index (χ4n) is 1.25. The Balaban J connectivity index is 2.59. The number of nitrogens with one attached hydrogen (secondary N) is 1. The van der Waals surface area contributed by atoms with Crippen molar-refractivity contribution < 1.29 is 4.79 Å². The molecule has 0 fully saturated rings. The highest BCUT2D eigenvalue weighted by Crippen LogP contribution is 2.01. The molecule has 0 unspecified atom stereocenters. The predicted molar refractivity (Wildman–Crippen MR) is 58.8 cm³/mol. The van der Waals surface area contributed by atoms with Gasteiger partial charge in [0.2, 0.25) is 0 Å². The number of likely N-dealkylation sites (N-methyl/N-ethyl adjacent to an activating group) is 2. The highest BCUT2D eigenvalue weighted by molar-refractivity contribution is 5.93. The van der Waals surface area contributed by atoms with Gasteiger partial charge in [0.15, 0.2) is 0 Å². The van der Waals surface area contributed by atoms with Crippen LogP contribution in [-0.2, 0) is 6.54 Å². The lowest BCUT2D eigenvalue weighted by molar-refractivity contribution is 0.0797. The van der Waals surface area contributed by atoms with E-state index in [1.54, 1.807) is 29.0 Å². The highest BCUT2D eigenvalue weighted by Gasteiger charge is 2.12. The monoisotopic (exact) mass is 210 g/mol. The zero-order valence-corrected chi connectivity index (χ0v) is 9.53. The van der Waals surface area contributed by atoms with Gasteiger partial charge in [-0.05, 0) is 14.0 Å². The van der Waals surface area contributed by atoms with Crippen molar-refractivity contribution in [2.45, 2.75) is 13.5 Å². The molecule has 0 spiro atoms. The molecule has 0 saturated carbocycles. The number of aromatic nitrogens is 2. The molecule has 1 amide bonds. The van der Waals surface area contributed by atoms with E-state index >= 15 is 0 Å². The van der Waals surface area contributed by atoms with Crippen LogP contribution in [0.4, 0.5) is 0 Å². The number of aryl methyl sites for hydroxylation is 1. The molecular formula is C10H18N4O. The second-order valence-corrected chi connectivity index (χ2v) is 3.41. The Kier molecular flexibility index (Phi) is 4.30. The average Bonchev–Trinajstić information content (AvgIpc) is 2.73. The molecule has 0 aliphatic rings. The van der Waals surface area contributed by atoms with Gasteiger partial charge in [-0.1, -0.05) is 0 Å². The van der Waals surface area contributed by atoms with Crippen molar-refractivity contribution in [3.63, 3.8) is 0 Å². The van der Waals surface area contributed by atoms with E-state index < -0.39 is 0 Å². The standard InChI is InChI=1S/C10H18N4O/c1-4-14-8-9(7-12-14)10(15)13(3)6-5-11-2/h7-8,11H,4-6H2,1-3H3. The third-order valence-electron chi connectivity index (χ3n) is 2.25. The van der Waals surface area contributed by atoms with Crippen LogP contribution in [-0.4, -0.2) is 47.8 Å². The molecule has 1 heterocycles. The summed E-state index contributed by atoms with van der Waals surface area (Å²) in [5.74, 6) is 0.0185. The molecule has 0 aliphatic heterocycles. The van der Waals surface area contributed by atoms with Crippen molar-refractivity contribution in [2.24, 2.45) is 0 Å². The van der Waals surface area contributed by atoms with Gasteiger partial charge in [-0.15, -0.1) is 0 Å². The van der Waals surface area contributed by atoms with E-state index in [2.05, 4.69) is 10.4 Å². The van der Waals surface area contributed by atoms with Crippen molar-refractivity contribution in [1.82, 2.24) is 20.0 Å². The number of rotatable bonds is 5. The number of carbonyl (C=O) groups excluding carboxylic acids is 1. The maximum absolute atomic E-state index is 11.8. The van der Waals surface area contributed by atoms with Crippen molar-refractivity contribution in [3.05, 3.63) is 18.0 Å². The highest BCUT2D eigenvalue weighted by atomic mass is 16.2. The number of carbonyl (C=O) groups is 1. The van der Waals surface area contributed by atoms with Crippen molar-refractivity contribution >= 4 is 5.91 Å². The molecule has 0 aromatic carbocycles. The SMILES string of the molecule is CCn1cc(C(=O)N(C)CCNC)cn1. The Bertz CT molecular complexity index is 321. The quantitative estimate of drug-likeness (QED) is 0.755. The summed E-state index contributed by atoms with van der Waals surface area (Å²) in [6.07, 6.45) is 3.39. The van der Waals surface area contributed by atoms with Crippen LogP contribution in [0.1, 0.15) is 17.3 Å². The van der Waals surface area contributed by atoms with Gasteiger partial charge < -0.3 is 10.2 Å². The fourth-order valence-corrected chi connectivity index (χ4v) is 1.25. The second kappa shape index (κ2) is 5.50. The van der Waals surface area contributed by atoms with Gasteiger partial charge >= 0.3 is 0 Å². The lowest BCUT2D eigenvalue weighted by atomic mass is 10.3. The zero-order valence-electron chi connectivity index (χ0n) is 9.53. The lowest BCUT2D eigenvalue weighted by Crippen LogP contribution is -2.32. The molecule has 1 N–H and O–H groups in total. The van der Waals surface area contributed by atoms with E-state index in [-0.39, 0.29) is 5.91 Å². The van der Waals surface area contributed by atoms with Gasteiger partial charge in [0.25, 0.3) is 5.91 Å². The van der Waals surface area contributed by atoms with E-state index in [1.807, 2.05) is 14.0 Å². The first-order valence-electron chi connectivity index (χ1n) is 5.11. The number of amides is 1. The minimum atomic E-state index is 0.0185.